The lowest BCUT2D eigenvalue weighted by Gasteiger charge is -2.28. The second-order valence-corrected chi connectivity index (χ2v) is 7.79. The number of fused-ring (bicyclic) bond motifs is 1. The Balaban J connectivity index is 0.000000967. The second-order valence-electron chi connectivity index (χ2n) is 7.79. The summed E-state index contributed by atoms with van der Waals surface area (Å²) in [6.07, 6.45) is 13.4. The molecular weight excluding hydrogens is 456 g/mol. The zero-order chi connectivity index (χ0) is 25.5. The highest BCUT2D eigenvalue weighted by Gasteiger charge is 2.29. The molecule has 5 rings (SSSR count). The lowest BCUT2D eigenvalue weighted by Crippen LogP contribution is -2.40. The van der Waals surface area contributed by atoms with Crippen molar-refractivity contribution in [2.75, 3.05) is 13.1 Å². The van der Waals surface area contributed by atoms with Gasteiger partial charge in [0.05, 0.1) is 16.8 Å². The van der Waals surface area contributed by atoms with Crippen molar-refractivity contribution < 1.29 is 9.59 Å². The number of likely N-dealkylation sites (tertiary alicyclic amines) is 1. The third-order valence-corrected chi connectivity index (χ3v) is 5.64. The highest BCUT2D eigenvalue weighted by atomic mass is 16.2. The molecule has 0 spiro atoms. The highest BCUT2D eigenvalue weighted by molar-refractivity contribution is 6.44. The average molecular weight is 479 g/mol. The van der Waals surface area contributed by atoms with Gasteiger partial charge >= 0.3 is 0 Å². The van der Waals surface area contributed by atoms with Crippen molar-refractivity contribution in [1.82, 2.24) is 34.6 Å². The van der Waals surface area contributed by atoms with Gasteiger partial charge < -0.3 is 9.88 Å². The van der Waals surface area contributed by atoms with E-state index in [4.69, 9.17) is 0 Å². The number of pyridine rings is 1. The number of H-pyrrole nitrogens is 1. The van der Waals surface area contributed by atoms with E-state index in [-0.39, 0.29) is 5.56 Å². The summed E-state index contributed by atoms with van der Waals surface area (Å²) in [4.78, 5) is 43.2. The lowest BCUT2D eigenvalue weighted by molar-refractivity contribution is -0.126. The Bertz CT molecular complexity index is 1500. The monoisotopic (exact) mass is 478 g/mol. The number of allylic oxidation sites excluding steroid dienone is 1. The van der Waals surface area contributed by atoms with E-state index in [0.29, 0.717) is 54.0 Å². The fourth-order valence-corrected chi connectivity index (χ4v) is 3.98. The van der Waals surface area contributed by atoms with Gasteiger partial charge in [0.1, 0.15) is 23.4 Å². The molecule has 1 amide bonds. The van der Waals surface area contributed by atoms with Crippen LogP contribution in [0.3, 0.4) is 0 Å². The standard InChI is InChI=1S/C23H18N8O2.C3H4/c24-12-16(18-4-1-2-7-25-18)15-5-10-30(11-6-15)23(33)21(32)17-13-26-20-19(17)27-14-28-22(20)31-9-3-8-29-31;1-3-2/h1-4,7-9,13-14,26H,5-6,10-11H2;1H,2H3. The molecule has 4 aromatic rings. The van der Waals surface area contributed by atoms with Crippen molar-refractivity contribution in [3.05, 3.63) is 72.2 Å². The van der Waals surface area contributed by atoms with Gasteiger partial charge in [-0.2, -0.15) is 10.4 Å². The number of aromatic nitrogens is 6. The minimum Gasteiger partial charge on any atom is -0.356 e. The van der Waals surface area contributed by atoms with Crippen LogP contribution >= 0.6 is 0 Å². The van der Waals surface area contributed by atoms with Gasteiger partial charge in [-0.05, 0) is 43.5 Å². The number of carbonyl (C=O) groups excluding carboxylic acids is 2. The van der Waals surface area contributed by atoms with E-state index in [9.17, 15) is 14.9 Å². The molecular formula is C26H22N8O2. The molecule has 1 fully saturated rings. The number of terminal acetylenes is 1. The van der Waals surface area contributed by atoms with Crippen LogP contribution in [0.15, 0.2) is 61.0 Å². The maximum absolute atomic E-state index is 13.0. The number of ketones is 1. The highest BCUT2D eigenvalue weighted by Crippen LogP contribution is 2.26. The molecule has 10 nitrogen and oxygen atoms in total. The van der Waals surface area contributed by atoms with Gasteiger partial charge in [-0.25, -0.2) is 14.6 Å². The van der Waals surface area contributed by atoms with Gasteiger partial charge in [-0.1, -0.05) is 6.07 Å². The zero-order valence-corrected chi connectivity index (χ0v) is 19.5. The van der Waals surface area contributed by atoms with Gasteiger partial charge in [0.2, 0.25) is 0 Å². The first kappa shape index (κ1) is 24.0. The van der Waals surface area contributed by atoms with Crippen LogP contribution in [0.25, 0.3) is 22.4 Å². The van der Waals surface area contributed by atoms with Crippen molar-refractivity contribution in [2.45, 2.75) is 19.8 Å². The predicted octanol–water partition coefficient (Wildman–Crippen LogP) is 2.96. The molecule has 0 unspecified atom stereocenters. The van der Waals surface area contributed by atoms with Crippen LogP contribution in [0.4, 0.5) is 0 Å². The third kappa shape index (κ3) is 4.74. The number of nitrogens with zero attached hydrogens (tertiary/aromatic N) is 7. The fraction of sp³-hybridized carbons (Fsp3) is 0.192. The number of amides is 1. The molecule has 5 heterocycles. The maximum atomic E-state index is 13.0. The number of piperidine rings is 1. The molecule has 1 aliphatic rings. The van der Waals surface area contributed by atoms with Gasteiger partial charge in [-0.3, -0.25) is 14.6 Å². The smallest absolute Gasteiger partial charge is 0.295 e. The number of hydrogen-bond donors (Lipinski definition) is 1. The first-order chi connectivity index (χ1) is 17.6. The van der Waals surface area contributed by atoms with Crippen LogP contribution in [0, 0.1) is 23.7 Å². The first-order valence-corrected chi connectivity index (χ1v) is 11.2. The summed E-state index contributed by atoms with van der Waals surface area (Å²) in [7, 11) is 0. The summed E-state index contributed by atoms with van der Waals surface area (Å²) in [5.41, 5.74) is 3.18. The SMILES string of the molecule is C#CC.N#CC(=C1CCN(C(=O)C(=O)c2c[nH]c3c(-n4cccn4)ncnc23)CC1)c1ccccn1. The molecule has 36 heavy (non-hydrogen) atoms. The minimum absolute atomic E-state index is 0.193. The van der Waals surface area contributed by atoms with Crippen molar-refractivity contribution >= 4 is 28.3 Å². The zero-order valence-electron chi connectivity index (χ0n) is 19.5. The number of nitrogens with one attached hydrogen (secondary N) is 1. The van der Waals surface area contributed by atoms with Crippen molar-refractivity contribution in [3.63, 3.8) is 0 Å². The average Bonchev–Trinajstić information content (AvgIpc) is 3.60. The molecule has 1 aliphatic heterocycles. The van der Waals surface area contributed by atoms with E-state index >= 15 is 0 Å². The van der Waals surface area contributed by atoms with Crippen LogP contribution in [0.2, 0.25) is 0 Å². The van der Waals surface area contributed by atoms with Crippen LogP contribution in [0.1, 0.15) is 35.8 Å². The second kappa shape index (κ2) is 10.9. The molecule has 0 aliphatic carbocycles. The summed E-state index contributed by atoms with van der Waals surface area (Å²) in [5.74, 6) is 1.51. The van der Waals surface area contributed by atoms with Crippen molar-refractivity contribution in [2.24, 2.45) is 0 Å². The fourth-order valence-electron chi connectivity index (χ4n) is 3.98. The Labute approximate surface area is 207 Å². The number of nitriles is 1. The number of hydrogen-bond acceptors (Lipinski definition) is 7. The van der Waals surface area contributed by atoms with E-state index in [0.717, 1.165) is 5.57 Å². The number of aromatic amines is 1. The van der Waals surface area contributed by atoms with Crippen LogP contribution in [0.5, 0.6) is 0 Å². The van der Waals surface area contributed by atoms with Crippen molar-refractivity contribution in [3.8, 4) is 24.2 Å². The predicted molar refractivity (Wildman–Crippen MR) is 132 cm³/mol. The molecule has 178 valence electrons. The van der Waals surface area contributed by atoms with Gasteiger partial charge in [-0.15, -0.1) is 12.3 Å². The molecule has 0 saturated carbocycles. The Hall–Kier alpha value is -5.09. The number of carbonyl (C=O) groups is 2. The number of Topliss-reactive ketones (excluding diaryl/α,β-unsaturated/α-hetero) is 1. The summed E-state index contributed by atoms with van der Waals surface area (Å²) in [6.45, 7) is 2.36. The largest absolute Gasteiger partial charge is 0.356 e. The quantitative estimate of drug-likeness (QED) is 0.206. The van der Waals surface area contributed by atoms with E-state index < -0.39 is 11.7 Å². The molecule has 0 radical (unpaired) electrons. The summed E-state index contributed by atoms with van der Waals surface area (Å²) >= 11 is 0. The molecule has 0 bridgehead atoms. The first-order valence-electron chi connectivity index (χ1n) is 11.2. The molecule has 0 aromatic carbocycles. The summed E-state index contributed by atoms with van der Waals surface area (Å²) < 4.78 is 1.56. The van der Waals surface area contributed by atoms with E-state index in [1.165, 1.54) is 17.4 Å². The van der Waals surface area contributed by atoms with Crippen molar-refractivity contribution in [1.29, 1.82) is 5.26 Å². The minimum atomic E-state index is -0.635. The maximum Gasteiger partial charge on any atom is 0.295 e. The van der Waals surface area contributed by atoms with Gasteiger partial charge in [0, 0.05) is 37.9 Å². The molecule has 1 saturated heterocycles. The van der Waals surface area contributed by atoms with Gasteiger partial charge in [0.25, 0.3) is 11.7 Å². The Kier molecular flexibility index (Phi) is 7.28. The molecule has 1 N–H and O–H groups in total. The number of rotatable bonds is 4. The van der Waals surface area contributed by atoms with E-state index in [1.54, 1.807) is 48.4 Å². The van der Waals surface area contributed by atoms with Crippen LogP contribution in [-0.2, 0) is 4.79 Å². The normalized spacial score (nSPS) is 12.8. The topological polar surface area (TPSA) is 133 Å². The van der Waals surface area contributed by atoms with Gasteiger partial charge in [0.15, 0.2) is 5.82 Å². The van der Waals surface area contributed by atoms with E-state index in [2.05, 4.69) is 43.4 Å². The third-order valence-electron chi connectivity index (χ3n) is 5.64. The Morgan fingerprint density at radius 2 is 1.89 bits per heavy atom. The van der Waals surface area contributed by atoms with Crippen LogP contribution < -0.4 is 0 Å². The lowest BCUT2D eigenvalue weighted by atomic mass is 9.96. The van der Waals surface area contributed by atoms with Crippen LogP contribution in [-0.4, -0.2) is 59.4 Å². The summed E-state index contributed by atoms with van der Waals surface area (Å²) in [5, 5.41) is 13.8. The van der Waals surface area contributed by atoms with E-state index in [1.807, 2.05) is 6.07 Å². The Morgan fingerprint density at radius 3 is 2.53 bits per heavy atom. The summed E-state index contributed by atoms with van der Waals surface area (Å²) in [6, 6.07) is 9.42. The molecule has 0 atom stereocenters. The molecule has 4 aromatic heterocycles. The molecule has 10 heteroatoms. The Morgan fingerprint density at radius 1 is 1.11 bits per heavy atom.